The third kappa shape index (κ3) is 36.7. The summed E-state index contributed by atoms with van der Waals surface area (Å²) in [6, 6.07) is 0. The van der Waals surface area contributed by atoms with Crippen molar-refractivity contribution in [2.24, 2.45) is 0 Å². The number of allylic oxidation sites excluding steroid dienone is 6. The van der Waals surface area contributed by atoms with E-state index in [9.17, 15) is 14.4 Å². The number of esters is 3. The van der Waals surface area contributed by atoms with Crippen molar-refractivity contribution in [1.29, 1.82) is 0 Å². The molecule has 0 saturated heterocycles. The van der Waals surface area contributed by atoms with Gasteiger partial charge >= 0.3 is 17.9 Å². The lowest BCUT2D eigenvalue weighted by Gasteiger charge is -2.18. The number of unbranched alkanes of at least 4 members (excludes halogenated alkanes) is 19. The lowest BCUT2D eigenvalue weighted by atomic mass is 10.1. The normalized spacial score (nSPS) is 12.3. The molecule has 6 nitrogen and oxygen atoms in total. The highest BCUT2D eigenvalue weighted by Crippen LogP contribution is 2.14. The second kappa shape index (κ2) is 38.4. The Bertz CT molecular complexity index is 845. The Labute approximate surface area is 302 Å². The van der Waals surface area contributed by atoms with Gasteiger partial charge in [-0.05, 0) is 44.9 Å². The van der Waals surface area contributed by atoms with E-state index in [4.69, 9.17) is 14.2 Å². The summed E-state index contributed by atoms with van der Waals surface area (Å²) in [6.07, 6.45) is 41.4. The second-order valence-electron chi connectivity index (χ2n) is 13.5. The molecule has 284 valence electrons. The SMILES string of the molecule is CC/C=C\C/C=C\C/C=C\CCCC(=O)OCC(COC(=O)CCCCCCCCCCCC)OC(=O)CCCCCCCCCCCC. The molecule has 0 aliphatic heterocycles. The molecular formula is C43H76O6. The molecule has 0 heterocycles. The first-order valence-electron chi connectivity index (χ1n) is 20.5. The van der Waals surface area contributed by atoms with Crippen molar-refractivity contribution in [2.45, 2.75) is 207 Å². The fourth-order valence-electron chi connectivity index (χ4n) is 5.58. The van der Waals surface area contributed by atoms with Crippen molar-refractivity contribution in [3.63, 3.8) is 0 Å². The van der Waals surface area contributed by atoms with Gasteiger partial charge in [0.2, 0.25) is 0 Å². The average molecular weight is 689 g/mol. The molecule has 0 radical (unpaired) electrons. The van der Waals surface area contributed by atoms with Gasteiger partial charge in [0.05, 0.1) is 0 Å². The van der Waals surface area contributed by atoms with Gasteiger partial charge in [0.15, 0.2) is 6.10 Å². The monoisotopic (exact) mass is 689 g/mol. The zero-order valence-electron chi connectivity index (χ0n) is 32.2. The minimum absolute atomic E-state index is 0.0852. The van der Waals surface area contributed by atoms with E-state index in [1.807, 2.05) is 0 Å². The third-order valence-corrected chi connectivity index (χ3v) is 8.66. The standard InChI is InChI=1S/C43H76O6/c1-4-7-10-13-16-19-22-25-27-30-33-36-42(45)48-39-40(49-43(46)37-34-31-28-24-21-18-15-12-9-6-3)38-47-41(44)35-32-29-26-23-20-17-14-11-8-5-2/h7,10,16,19,25,27,40H,4-6,8-9,11-15,17-18,20-24,26,28-39H2,1-3H3/b10-7-,19-16-,27-25-. The number of hydrogen-bond acceptors (Lipinski definition) is 6. The van der Waals surface area contributed by atoms with Crippen LogP contribution in [0.2, 0.25) is 0 Å². The Kier molecular flexibility index (Phi) is 36.6. The number of ether oxygens (including phenoxy) is 3. The highest BCUT2D eigenvalue weighted by molar-refractivity contribution is 5.71. The topological polar surface area (TPSA) is 78.9 Å². The average Bonchev–Trinajstić information content (AvgIpc) is 3.10. The van der Waals surface area contributed by atoms with Crippen LogP contribution in [0.3, 0.4) is 0 Å². The van der Waals surface area contributed by atoms with Gasteiger partial charge in [0.25, 0.3) is 0 Å². The Morgan fingerprint density at radius 3 is 1.24 bits per heavy atom. The van der Waals surface area contributed by atoms with Crippen LogP contribution in [0.1, 0.15) is 201 Å². The summed E-state index contributed by atoms with van der Waals surface area (Å²) in [5, 5.41) is 0. The lowest BCUT2D eigenvalue weighted by Crippen LogP contribution is -2.30. The van der Waals surface area contributed by atoms with E-state index < -0.39 is 6.10 Å². The lowest BCUT2D eigenvalue weighted by molar-refractivity contribution is -0.167. The summed E-state index contributed by atoms with van der Waals surface area (Å²) >= 11 is 0. The summed E-state index contributed by atoms with van der Waals surface area (Å²) < 4.78 is 16.6. The molecule has 49 heavy (non-hydrogen) atoms. The van der Waals surface area contributed by atoms with Gasteiger partial charge in [-0.25, -0.2) is 0 Å². The van der Waals surface area contributed by atoms with Crippen molar-refractivity contribution in [2.75, 3.05) is 13.2 Å². The summed E-state index contributed by atoms with van der Waals surface area (Å²) in [6.45, 7) is 6.42. The third-order valence-electron chi connectivity index (χ3n) is 8.66. The molecule has 0 rings (SSSR count). The molecular weight excluding hydrogens is 612 g/mol. The summed E-state index contributed by atoms with van der Waals surface area (Å²) in [7, 11) is 0. The minimum atomic E-state index is -0.782. The van der Waals surface area contributed by atoms with E-state index in [2.05, 4.69) is 57.2 Å². The highest BCUT2D eigenvalue weighted by atomic mass is 16.6. The maximum atomic E-state index is 12.6. The quantitative estimate of drug-likeness (QED) is 0.0282. The van der Waals surface area contributed by atoms with Gasteiger partial charge < -0.3 is 14.2 Å². The molecule has 0 N–H and O–H groups in total. The van der Waals surface area contributed by atoms with Crippen LogP contribution >= 0.6 is 0 Å². The van der Waals surface area contributed by atoms with E-state index in [-0.39, 0.29) is 31.1 Å². The molecule has 0 amide bonds. The van der Waals surface area contributed by atoms with Crippen molar-refractivity contribution >= 4 is 17.9 Å². The minimum Gasteiger partial charge on any atom is -0.462 e. The van der Waals surface area contributed by atoms with Gasteiger partial charge in [-0.3, -0.25) is 14.4 Å². The molecule has 1 unspecified atom stereocenters. The van der Waals surface area contributed by atoms with Crippen LogP contribution in [0, 0.1) is 0 Å². The predicted molar refractivity (Wildman–Crippen MR) is 206 cm³/mol. The van der Waals surface area contributed by atoms with Crippen molar-refractivity contribution in [1.82, 2.24) is 0 Å². The van der Waals surface area contributed by atoms with Crippen LogP contribution in [-0.4, -0.2) is 37.2 Å². The number of rotatable bonds is 36. The van der Waals surface area contributed by atoms with Crippen molar-refractivity contribution in [3.05, 3.63) is 36.5 Å². The molecule has 1 atom stereocenters. The van der Waals surface area contributed by atoms with Crippen LogP contribution in [0.25, 0.3) is 0 Å². The second-order valence-corrected chi connectivity index (χ2v) is 13.5. The van der Waals surface area contributed by atoms with E-state index in [0.717, 1.165) is 64.2 Å². The predicted octanol–water partition coefficient (Wildman–Crippen LogP) is 12.6. The summed E-state index contributed by atoms with van der Waals surface area (Å²) in [5.41, 5.74) is 0. The van der Waals surface area contributed by atoms with Crippen LogP contribution < -0.4 is 0 Å². The van der Waals surface area contributed by atoms with Crippen LogP contribution in [0.4, 0.5) is 0 Å². The molecule has 0 aliphatic rings. The molecule has 0 aliphatic carbocycles. The van der Waals surface area contributed by atoms with Crippen LogP contribution in [0.15, 0.2) is 36.5 Å². The van der Waals surface area contributed by atoms with Crippen molar-refractivity contribution in [3.8, 4) is 0 Å². The fourth-order valence-corrected chi connectivity index (χ4v) is 5.58. The largest absolute Gasteiger partial charge is 0.462 e. The molecule has 0 aromatic rings. The van der Waals surface area contributed by atoms with Gasteiger partial charge in [0.1, 0.15) is 13.2 Å². The first-order chi connectivity index (χ1) is 24.0. The van der Waals surface area contributed by atoms with E-state index >= 15 is 0 Å². The van der Waals surface area contributed by atoms with Gasteiger partial charge in [-0.1, -0.05) is 173 Å². The van der Waals surface area contributed by atoms with Crippen LogP contribution in [-0.2, 0) is 28.6 Å². The number of carbonyl (C=O) groups is 3. The Balaban J connectivity index is 4.43. The van der Waals surface area contributed by atoms with Crippen molar-refractivity contribution < 1.29 is 28.6 Å². The number of hydrogen-bond donors (Lipinski definition) is 0. The Morgan fingerprint density at radius 2 is 0.796 bits per heavy atom. The van der Waals surface area contributed by atoms with E-state index in [0.29, 0.717) is 25.7 Å². The van der Waals surface area contributed by atoms with Gasteiger partial charge in [-0.2, -0.15) is 0 Å². The first kappa shape index (κ1) is 46.6. The zero-order valence-corrected chi connectivity index (χ0v) is 32.2. The van der Waals surface area contributed by atoms with Crippen LogP contribution in [0.5, 0.6) is 0 Å². The maximum Gasteiger partial charge on any atom is 0.306 e. The Morgan fingerprint density at radius 1 is 0.429 bits per heavy atom. The highest BCUT2D eigenvalue weighted by Gasteiger charge is 2.19. The van der Waals surface area contributed by atoms with E-state index in [1.54, 1.807) is 0 Å². The molecule has 0 fully saturated rings. The maximum absolute atomic E-state index is 12.6. The van der Waals surface area contributed by atoms with E-state index in [1.165, 1.54) is 89.9 Å². The Hall–Kier alpha value is -2.37. The van der Waals surface area contributed by atoms with Gasteiger partial charge in [0, 0.05) is 19.3 Å². The molecule has 0 aromatic heterocycles. The zero-order chi connectivity index (χ0) is 35.9. The number of carbonyl (C=O) groups excluding carboxylic acids is 3. The smallest absolute Gasteiger partial charge is 0.306 e. The molecule has 0 saturated carbocycles. The fraction of sp³-hybridized carbons (Fsp3) is 0.791. The summed E-state index contributed by atoms with van der Waals surface area (Å²) in [4.78, 5) is 37.4. The summed E-state index contributed by atoms with van der Waals surface area (Å²) in [5.74, 6) is -0.948. The first-order valence-corrected chi connectivity index (χ1v) is 20.5. The van der Waals surface area contributed by atoms with Gasteiger partial charge in [-0.15, -0.1) is 0 Å². The molecule has 0 spiro atoms. The molecule has 0 aromatic carbocycles. The molecule has 6 heteroatoms. The molecule has 0 bridgehead atoms.